The zero-order chi connectivity index (χ0) is 32.7. The molecule has 1 unspecified atom stereocenters. The van der Waals surface area contributed by atoms with Gasteiger partial charge in [0.2, 0.25) is 11.9 Å². The highest BCUT2D eigenvalue weighted by Gasteiger charge is 2.35. The van der Waals surface area contributed by atoms with Crippen molar-refractivity contribution in [2.24, 2.45) is 0 Å². The van der Waals surface area contributed by atoms with Crippen molar-refractivity contribution in [3.05, 3.63) is 84.0 Å². The number of piperazine rings is 1. The molecule has 16 heteroatoms. The van der Waals surface area contributed by atoms with Crippen molar-refractivity contribution in [3.8, 4) is 17.4 Å². The van der Waals surface area contributed by atoms with Crippen LogP contribution in [0.25, 0.3) is 5.95 Å². The second-order valence-corrected chi connectivity index (χ2v) is 12.4. The lowest BCUT2D eigenvalue weighted by Crippen LogP contribution is -2.59. The molecule has 5 rings (SSSR count). The third kappa shape index (κ3) is 7.84. The largest absolute Gasteiger partial charge is 0.493 e. The van der Waals surface area contributed by atoms with Crippen molar-refractivity contribution < 1.29 is 27.5 Å². The van der Waals surface area contributed by atoms with Gasteiger partial charge in [0.15, 0.2) is 11.5 Å². The number of anilines is 1. The number of nitrogens with zero attached hydrogens (tertiary/aromatic N) is 6. The fourth-order valence-electron chi connectivity index (χ4n) is 5.06. The maximum absolute atomic E-state index is 13.4. The number of hydrogen-bond acceptors (Lipinski definition) is 10. The topological polar surface area (TPSA) is 161 Å². The minimum absolute atomic E-state index is 0.0471. The summed E-state index contributed by atoms with van der Waals surface area (Å²) in [7, 11) is -1.03. The van der Waals surface area contributed by atoms with E-state index in [0.29, 0.717) is 42.8 Å². The van der Waals surface area contributed by atoms with Gasteiger partial charge in [-0.1, -0.05) is 35.9 Å². The number of carbonyl (C=O) groups is 2. The molecule has 3 amide bonds. The molecule has 46 heavy (non-hydrogen) atoms. The van der Waals surface area contributed by atoms with E-state index in [1.54, 1.807) is 67.8 Å². The number of urea groups is 1. The highest BCUT2D eigenvalue weighted by Crippen LogP contribution is 2.28. The van der Waals surface area contributed by atoms with Crippen LogP contribution in [0.1, 0.15) is 12.0 Å². The van der Waals surface area contributed by atoms with Gasteiger partial charge >= 0.3 is 6.03 Å². The molecule has 2 N–H and O–H groups in total. The van der Waals surface area contributed by atoms with Crippen LogP contribution >= 0.6 is 11.6 Å². The molecule has 1 saturated heterocycles. The highest BCUT2D eigenvalue weighted by molar-refractivity contribution is 7.90. The molecule has 0 radical (unpaired) electrons. The van der Waals surface area contributed by atoms with E-state index in [9.17, 15) is 18.0 Å². The van der Waals surface area contributed by atoms with Gasteiger partial charge in [0, 0.05) is 51.1 Å². The lowest BCUT2D eigenvalue weighted by atomic mass is 10.1. The van der Waals surface area contributed by atoms with Crippen LogP contribution in [0.3, 0.4) is 0 Å². The van der Waals surface area contributed by atoms with Crippen LogP contribution in [0.5, 0.6) is 11.5 Å². The maximum atomic E-state index is 13.4. The Morgan fingerprint density at radius 3 is 2.52 bits per heavy atom. The fraction of sp³-hybridized carbons (Fsp3) is 0.300. The Hall–Kier alpha value is -4.89. The Labute approximate surface area is 271 Å². The van der Waals surface area contributed by atoms with E-state index < -0.39 is 22.1 Å². The number of halogens is 1. The number of methoxy groups -OCH3 is 2. The molecule has 1 aliphatic rings. The molecule has 2 aromatic carbocycles. The number of sulfonamides is 1. The Morgan fingerprint density at radius 1 is 1.02 bits per heavy atom. The minimum atomic E-state index is -4.14. The number of nitrogens with one attached hydrogen (secondary N) is 2. The molecule has 3 heterocycles. The van der Waals surface area contributed by atoms with Crippen LogP contribution in [0, 0.1) is 0 Å². The number of benzene rings is 2. The van der Waals surface area contributed by atoms with Crippen molar-refractivity contribution in [1.82, 2.24) is 34.5 Å². The standard InChI is InChI=1S/C30H33ClN8O6S/c1-44-24-9-8-21(16-25(24)45-2)10-11-33-28(40)17-22-19-37(27-18-26(31)34-29(35-27)38-13-12-32-20-38)14-15-39(22)30(41)36-46(42,43)23-6-4-3-5-7-23/h3-9,12-13,16,18,20,22H,10-11,14-15,17,19H2,1-2H3,(H,33,40)(H,36,41). The summed E-state index contributed by atoms with van der Waals surface area (Å²) >= 11 is 6.33. The molecule has 0 bridgehead atoms. The second-order valence-electron chi connectivity index (χ2n) is 10.3. The molecule has 0 aliphatic carbocycles. The summed E-state index contributed by atoms with van der Waals surface area (Å²) in [6.45, 7) is 0.919. The quantitative estimate of drug-likeness (QED) is 0.227. The Balaban J connectivity index is 1.31. The van der Waals surface area contributed by atoms with Gasteiger partial charge in [0.25, 0.3) is 10.0 Å². The highest BCUT2D eigenvalue weighted by atomic mass is 35.5. The first-order chi connectivity index (χ1) is 22.2. The molecule has 1 fully saturated rings. The van der Waals surface area contributed by atoms with Crippen molar-refractivity contribution in [1.29, 1.82) is 0 Å². The first-order valence-corrected chi connectivity index (χ1v) is 16.2. The minimum Gasteiger partial charge on any atom is -0.493 e. The van der Waals surface area contributed by atoms with Gasteiger partial charge in [-0.2, -0.15) is 4.98 Å². The summed E-state index contributed by atoms with van der Waals surface area (Å²) in [5.74, 6) is 1.67. The summed E-state index contributed by atoms with van der Waals surface area (Å²) in [5.41, 5.74) is 0.934. The predicted octanol–water partition coefficient (Wildman–Crippen LogP) is 2.67. The first-order valence-electron chi connectivity index (χ1n) is 14.3. The van der Waals surface area contributed by atoms with Crippen LogP contribution < -0.4 is 24.4 Å². The van der Waals surface area contributed by atoms with Gasteiger partial charge in [-0.15, -0.1) is 0 Å². The Kier molecular flexibility index (Phi) is 10.2. The summed E-state index contributed by atoms with van der Waals surface area (Å²) in [5, 5.41) is 3.11. The molecule has 242 valence electrons. The number of aromatic nitrogens is 4. The van der Waals surface area contributed by atoms with Crippen LogP contribution in [0.2, 0.25) is 5.15 Å². The van der Waals surface area contributed by atoms with Gasteiger partial charge in [-0.3, -0.25) is 9.36 Å². The van der Waals surface area contributed by atoms with Gasteiger partial charge in [0.05, 0.1) is 25.2 Å². The van der Waals surface area contributed by atoms with E-state index >= 15 is 0 Å². The van der Waals surface area contributed by atoms with E-state index in [-0.39, 0.29) is 35.5 Å². The number of hydrogen-bond donors (Lipinski definition) is 2. The number of ether oxygens (including phenoxy) is 2. The lowest BCUT2D eigenvalue weighted by Gasteiger charge is -2.41. The van der Waals surface area contributed by atoms with Gasteiger partial charge in [-0.25, -0.2) is 27.9 Å². The molecule has 0 spiro atoms. The first kappa shape index (κ1) is 32.5. The predicted molar refractivity (Wildman–Crippen MR) is 170 cm³/mol. The zero-order valence-corrected chi connectivity index (χ0v) is 26.7. The fourth-order valence-corrected chi connectivity index (χ4v) is 6.21. The number of amides is 3. The monoisotopic (exact) mass is 668 g/mol. The van der Waals surface area contributed by atoms with E-state index in [2.05, 4.69) is 25.0 Å². The summed E-state index contributed by atoms with van der Waals surface area (Å²) in [4.78, 5) is 42.7. The lowest BCUT2D eigenvalue weighted by molar-refractivity contribution is -0.122. The van der Waals surface area contributed by atoms with Crippen LogP contribution in [-0.4, -0.2) is 91.2 Å². The summed E-state index contributed by atoms with van der Waals surface area (Å²) in [6, 6.07) is 13.2. The van der Waals surface area contributed by atoms with E-state index in [0.717, 1.165) is 5.56 Å². The molecular weight excluding hydrogens is 636 g/mol. The van der Waals surface area contributed by atoms with Crippen LogP contribution in [-0.2, 0) is 21.2 Å². The second kappa shape index (κ2) is 14.5. The molecule has 4 aromatic rings. The zero-order valence-electron chi connectivity index (χ0n) is 25.2. The van der Waals surface area contributed by atoms with E-state index in [1.807, 2.05) is 17.0 Å². The normalized spacial score (nSPS) is 14.9. The SMILES string of the molecule is COc1ccc(CCNC(=O)CC2CN(c3cc(Cl)nc(-n4ccnc4)n3)CCN2C(=O)NS(=O)(=O)c2ccccc2)cc1OC. The average molecular weight is 669 g/mol. The van der Waals surface area contributed by atoms with E-state index in [1.165, 1.54) is 17.0 Å². The summed E-state index contributed by atoms with van der Waals surface area (Å²) in [6.07, 6.45) is 5.25. The summed E-state index contributed by atoms with van der Waals surface area (Å²) < 4.78 is 40.3. The number of imidazole rings is 1. The third-order valence-corrected chi connectivity index (χ3v) is 8.88. The Morgan fingerprint density at radius 2 is 1.80 bits per heavy atom. The molecule has 2 aromatic heterocycles. The molecular formula is C30H33ClN8O6S. The number of rotatable bonds is 11. The Bertz CT molecular complexity index is 1780. The average Bonchev–Trinajstić information content (AvgIpc) is 3.60. The van der Waals surface area contributed by atoms with Gasteiger partial charge in [0.1, 0.15) is 17.3 Å². The van der Waals surface area contributed by atoms with Crippen molar-refractivity contribution in [3.63, 3.8) is 0 Å². The van der Waals surface area contributed by atoms with Crippen LogP contribution in [0.15, 0.2) is 78.2 Å². The van der Waals surface area contributed by atoms with Crippen molar-refractivity contribution in [2.45, 2.75) is 23.8 Å². The smallest absolute Gasteiger partial charge is 0.331 e. The van der Waals surface area contributed by atoms with Gasteiger partial charge < -0.3 is 24.6 Å². The molecule has 0 saturated carbocycles. The molecule has 1 aliphatic heterocycles. The number of carbonyl (C=O) groups excluding carboxylic acids is 2. The van der Waals surface area contributed by atoms with E-state index in [4.69, 9.17) is 21.1 Å². The third-order valence-electron chi connectivity index (χ3n) is 7.35. The molecule has 1 atom stereocenters. The maximum Gasteiger partial charge on any atom is 0.331 e. The molecule has 14 nitrogen and oxygen atoms in total. The van der Waals surface area contributed by atoms with Crippen molar-refractivity contribution in [2.75, 3.05) is 45.3 Å². The van der Waals surface area contributed by atoms with Crippen LogP contribution in [0.4, 0.5) is 10.6 Å². The van der Waals surface area contributed by atoms with Gasteiger partial charge in [-0.05, 0) is 36.2 Å². The van der Waals surface area contributed by atoms with Crippen molar-refractivity contribution >= 4 is 39.4 Å².